The molecule has 0 aromatic rings. The summed E-state index contributed by atoms with van der Waals surface area (Å²) >= 11 is 0.633. The van der Waals surface area contributed by atoms with Gasteiger partial charge in [0.15, 0.2) is 0 Å². The molecular formula is C13H19F3I2N2O3. The number of rotatable bonds is 4. The Kier molecular flexibility index (Phi) is 4.44. The van der Waals surface area contributed by atoms with Crippen LogP contribution in [0.15, 0.2) is 0 Å². The molecule has 0 spiro atoms. The molecule has 10 heteroatoms. The minimum atomic E-state index is -4.75. The number of ether oxygens (including phenoxy) is 1. The second kappa shape index (κ2) is 5.55. The maximum absolute atomic E-state index is 13.2. The van der Waals surface area contributed by atoms with Gasteiger partial charge < -0.3 is 0 Å². The molecule has 0 amide bonds. The second-order valence-corrected chi connectivity index (χ2v) is 13.1. The van der Waals surface area contributed by atoms with Gasteiger partial charge in [-0.05, 0) is 0 Å². The Balaban J connectivity index is 1.73. The fourth-order valence-corrected chi connectivity index (χ4v) is 10.8. The molecule has 4 atom stereocenters. The van der Waals surface area contributed by atoms with Crippen molar-refractivity contribution in [3.05, 3.63) is 0 Å². The van der Waals surface area contributed by atoms with Crippen LogP contribution in [0, 0.1) is 5.92 Å². The number of esters is 1. The standard InChI is InChI=1S/C13H19F3I2N2O3/c1-10(17,13-18(19-13)20-13)9(21)23-8-6-4-3-5-7(8)11(2,22)12(14,15)16/h7-8,19-20,22H,3-6H2,1-2H3. The van der Waals surface area contributed by atoms with Gasteiger partial charge in [0.05, 0.1) is 0 Å². The number of aliphatic hydroxyl groups is 1. The monoisotopic (exact) mass is 562 g/mol. The molecule has 0 aromatic heterocycles. The van der Waals surface area contributed by atoms with Crippen molar-refractivity contribution >= 4 is 48.9 Å². The van der Waals surface area contributed by atoms with Gasteiger partial charge in [0, 0.05) is 0 Å². The summed E-state index contributed by atoms with van der Waals surface area (Å²) in [5.41, 5.74) is -2.85. The van der Waals surface area contributed by atoms with Crippen molar-refractivity contribution in [2.75, 3.05) is 0 Å². The first-order valence-corrected chi connectivity index (χ1v) is 11.7. The summed E-state index contributed by atoms with van der Waals surface area (Å²) in [6.45, 7) is 2.51. The Labute approximate surface area is 153 Å². The molecule has 0 aromatic carbocycles. The van der Waals surface area contributed by atoms with Crippen molar-refractivity contribution in [1.82, 2.24) is 7.06 Å². The van der Waals surface area contributed by atoms with E-state index >= 15 is 0 Å². The molecule has 134 valence electrons. The summed E-state index contributed by atoms with van der Waals surface area (Å²) in [4.78, 5) is 12.5. The van der Waals surface area contributed by atoms with E-state index in [0.29, 0.717) is 19.3 Å². The van der Waals surface area contributed by atoms with Crippen LogP contribution in [-0.2, 0) is 9.53 Å². The molecule has 3 N–H and O–H groups in total. The van der Waals surface area contributed by atoms with Crippen LogP contribution in [0.25, 0.3) is 0 Å². The number of nitrogens with one attached hydrogen (secondary N) is 2. The summed E-state index contributed by atoms with van der Waals surface area (Å²) in [6, 6.07) is 0. The zero-order valence-corrected chi connectivity index (χ0v) is 17.0. The molecule has 2 saturated heterocycles. The van der Waals surface area contributed by atoms with E-state index in [1.54, 1.807) is 6.92 Å². The van der Waals surface area contributed by atoms with Crippen molar-refractivity contribution in [3.63, 3.8) is 0 Å². The van der Waals surface area contributed by atoms with Gasteiger partial charge in [-0.2, -0.15) is 0 Å². The molecule has 0 bridgehead atoms. The van der Waals surface area contributed by atoms with E-state index in [1.807, 2.05) is 22.6 Å². The van der Waals surface area contributed by atoms with E-state index in [-0.39, 0.29) is 10.1 Å². The zero-order valence-electron chi connectivity index (χ0n) is 12.6. The van der Waals surface area contributed by atoms with Crippen molar-refractivity contribution in [2.24, 2.45) is 5.92 Å². The first kappa shape index (κ1) is 18.4. The van der Waals surface area contributed by atoms with Crippen molar-refractivity contribution in [3.8, 4) is 0 Å². The Hall–Kier alpha value is 0.600. The fourth-order valence-electron chi connectivity index (χ4n) is 3.06. The Morgan fingerprint density at radius 2 is 1.83 bits per heavy atom. The van der Waals surface area contributed by atoms with Gasteiger partial charge in [0.2, 0.25) is 0 Å². The van der Waals surface area contributed by atoms with Crippen LogP contribution in [0.1, 0.15) is 39.5 Å². The summed E-state index contributed by atoms with van der Waals surface area (Å²) in [5.74, 6) is -1.64. The van der Waals surface area contributed by atoms with Crippen LogP contribution in [0.5, 0.6) is 0 Å². The number of carbonyl (C=O) groups excluding carboxylic acids is 1. The Morgan fingerprint density at radius 3 is 2.30 bits per heavy atom. The van der Waals surface area contributed by atoms with E-state index < -0.39 is 53.6 Å². The molecule has 1 saturated carbocycles. The second-order valence-electron chi connectivity index (χ2n) is 6.61. The molecule has 4 unspecified atom stereocenters. The van der Waals surface area contributed by atoms with E-state index in [9.17, 15) is 23.1 Å². The van der Waals surface area contributed by atoms with Crippen LogP contribution in [-0.4, -0.2) is 36.0 Å². The quantitative estimate of drug-likeness (QED) is 0.123. The molecule has 3 fully saturated rings. The van der Waals surface area contributed by atoms with Crippen LogP contribution >= 0.6 is 43.0 Å². The van der Waals surface area contributed by atoms with Crippen LogP contribution in [0.2, 0.25) is 0 Å². The summed E-state index contributed by atoms with van der Waals surface area (Å²) in [6.07, 6.45) is -3.82. The first-order valence-electron chi connectivity index (χ1n) is 7.38. The summed E-state index contributed by atoms with van der Waals surface area (Å²) < 4.78 is 50.3. The molecule has 5 nitrogen and oxygen atoms in total. The average molecular weight is 562 g/mol. The maximum atomic E-state index is 13.2. The first-order chi connectivity index (χ1) is 10.4. The normalized spacial score (nSPS) is 35.5. The van der Waals surface area contributed by atoms with Crippen molar-refractivity contribution < 1.29 is 27.8 Å². The molecule has 3 rings (SSSR count). The third kappa shape index (κ3) is 2.89. The van der Waals surface area contributed by atoms with E-state index in [0.717, 1.165) is 6.92 Å². The van der Waals surface area contributed by atoms with Crippen molar-refractivity contribution in [1.29, 1.82) is 0 Å². The van der Waals surface area contributed by atoms with Gasteiger partial charge in [-0.1, -0.05) is 0 Å². The van der Waals surface area contributed by atoms with E-state index in [1.165, 1.54) is 0 Å². The van der Waals surface area contributed by atoms with Crippen molar-refractivity contribution in [2.45, 2.75) is 64.5 Å². The average Bonchev–Trinajstić information content (AvgIpc) is 3.26. The third-order valence-corrected chi connectivity index (χ3v) is 12.1. The molecule has 0 radical (unpaired) electrons. The van der Waals surface area contributed by atoms with Gasteiger partial charge in [0.25, 0.3) is 0 Å². The molecule has 2 heterocycles. The third-order valence-electron chi connectivity index (χ3n) is 4.95. The SMILES string of the molecule is CC(I)(C(=O)OC1CCCCC1C(C)(O)C(F)(F)F)C12NI1N2. The Morgan fingerprint density at radius 1 is 1.30 bits per heavy atom. The van der Waals surface area contributed by atoms with Gasteiger partial charge in [-0.25, -0.2) is 0 Å². The number of fused-ring (bicyclic) bond motifs is 1. The zero-order chi connectivity index (χ0) is 17.3. The van der Waals surface area contributed by atoms with Gasteiger partial charge in [0.1, 0.15) is 0 Å². The molecular weight excluding hydrogens is 543 g/mol. The minimum absolute atomic E-state index is 0.197. The Bertz CT molecular complexity index is 521. The molecule has 3 aliphatic rings. The number of alkyl halides is 5. The van der Waals surface area contributed by atoms with Gasteiger partial charge in [-0.3, -0.25) is 0 Å². The predicted molar refractivity (Wildman–Crippen MR) is 94.0 cm³/mol. The number of hydrogen-bond acceptors (Lipinski definition) is 5. The number of carbonyl (C=O) groups is 1. The van der Waals surface area contributed by atoms with Crippen LogP contribution < -0.4 is 7.06 Å². The van der Waals surface area contributed by atoms with Crippen LogP contribution in [0.3, 0.4) is 0 Å². The number of halogens is 5. The predicted octanol–water partition coefficient (Wildman–Crippen LogP) is 2.79. The molecule has 2 aliphatic heterocycles. The van der Waals surface area contributed by atoms with E-state index in [4.69, 9.17) is 4.74 Å². The summed E-state index contributed by atoms with van der Waals surface area (Å²) in [7, 11) is 0. The van der Waals surface area contributed by atoms with Gasteiger partial charge in [-0.15, -0.1) is 0 Å². The molecule has 1 aliphatic carbocycles. The molecule has 23 heavy (non-hydrogen) atoms. The summed E-state index contributed by atoms with van der Waals surface area (Å²) in [5, 5.41) is 10.0. The fraction of sp³-hybridized carbons (Fsp3) is 0.923. The van der Waals surface area contributed by atoms with Gasteiger partial charge >= 0.3 is 154 Å². The number of hydrogen-bond donors (Lipinski definition) is 3. The topological polar surface area (TPSA) is 90.4 Å². The van der Waals surface area contributed by atoms with Crippen LogP contribution in [0.4, 0.5) is 13.2 Å². The van der Waals surface area contributed by atoms with E-state index in [2.05, 4.69) is 7.06 Å².